The van der Waals surface area contributed by atoms with Crippen LogP contribution in [0.2, 0.25) is 0 Å². The highest BCUT2D eigenvalue weighted by Crippen LogP contribution is 2.33. The van der Waals surface area contributed by atoms with Gasteiger partial charge in [-0.15, -0.1) is 0 Å². The largest absolute Gasteiger partial charge is 0.497 e. The summed E-state index contributed by atoms with van der Waals surface area (Å²) >= 11 is 0. The van der Waals surface area contributed by atoms with Gasteiger partial charge >= 0.3 is 0 Å². The summed E-state index contributed by atoms with van der Waals surface area (Å²) in [7, 11) is 3.33. The summed E-state index contributed by atoms with van der Waals surface area (Å²) in [6, 6.07) is 12.2. The molecule has 6 heteroatoms. The van der Waals surface area contributed by atoms with E-state index in [-0.39, 0.29) is 5.91 Å². The molecule has 1 N–H and O–H groups in total. The molecule has 132 valence electrons. The van der Waals surface area contributed by atoms with E-state index in [4.69, 9.17) is 14.3 Å². The van der Waals surface area contributed by atoms with E-state index in [2.05, 4.69) is 22.2 Å². The maximum Gasteiger partial charge on any atom is 0.240 e. The van der Waals surface area contributed by atoms with Crippen LogP contribution in [0.15, 0.2) is 36.4 Å². The summed E-state index contributed by atoms with van der Waals surface area (Å²) in [5, 5.41) is 2.34. The number of hydroxylamine groups is 1. The first kappa shape index (κ1) is 17.1. The summed E-state index contributed by atoms with van der Waals surface area (Å²) in [5.74, 6) is 1.43. The molecule has 25 heavy (non-hydrogen) atoms. The Hall–Kier alpha value is -2.73. The number of aryl methyl sites for hydroxylation is 1. The standard InChI is InChI=1S/C19H22N2O4/c1-13(22)20-25-10-4-9-21-18-11-14(23-2)5-7-16(18)17-8-6-15(24-3)12-19(17)21/h5-8,11-12H,4,9-10H2,1-3H3,(H,20,22). The molecule has 6 nitrogen and oxygen atoms in total. The molecule has 0 saturated carbocycles. The Kier molecular flexibility index (Phi) is 5.09. The molecule has 1 aromatic heterocycles. The second-order valence-electron chi connectivity index (χ2n) is 5.78. The van der Waals surface area contributed by atoms with E-state index in [0.29, 0.717) is 6.61 Å². The predicted molar refractivity (Wildman–Crippen MR) is 96.9 cm³/mol. The van der Waals surface area contributed by atoms with Crippen LogP contribution in [-0.4, -0.2) is 31.3 Å². The first-order valence-electron chi connectivity index (χ1n) is 8.16. The molecular weight excluding hydrogens is 320 g/mol. The van der Waals surface area contributed by atoms with Crippen LogP contribution in [0.3, 0.4) is 0 Å². The van der Waals surface area contributed by atoms with Crippen molar-refractivity contribution in [2.45, 2.75) is 19.9 Å². The number of amides is 1. The fourth-order valence-electron chi connectivity index (χ4n) is 3.00. The van der Waals surface area contributed by atoms with Crippen LogP contribution in [0.4, 0.5) is 0 Å². The van der Waals surface area contributed by atoms with Crippen molar-refractivity contribution < 1.29 is 19.1 Å². The van der Waals surface area contributed by atoms with Gasteiger partial charge in [0.05, 0.1) is 31.9 Å². The van der Waals surface area contributed by atoms with Gasteiger partial charge in [-0.3, -0.25) is 9.63 Å². The SMILES string of the molecule is COc1ccc2c3ccc(OC)cc3n(CCCONC(C)=O)c2c1. The van der Waals surface area contributed by atoms with Gasteiger partial charge in [-0.05, 0) is 30.7 Å². The highest BCUT2D eigenvalue weighted by atomic mass is 16.6. The van der Waals surface area contributed by atoms with Gasteiger partial charge in [0.25, 0.3) is 0 Å². The summed E-state index contributed by atoms with van der Waals surface area (Å²) in [5.41, 5.74) is 4.55. The molecule has 0 aliphatic rings. The maximum atomic E-state index is 10.9. The number of carbonyl (C=O) groups is 1. The Bertz CT molecular complexity index is 840. The highest BCUT2D eigenvalue weighted by molar-refractivity contribution is 6.08. The van der Waals surface area contributed by atoms with Crippen LogP contribution in [0.1, 0.15) is 13.3 Å². The van der Waals surface area contributed by atoms with Crippen molar-refractivity contribution in [2.24, 2.45) is 0 Å². The maximum absolute atomic E-state index is 10.9. The van der Waals surface area contributed by atoms with Crippen molar-refractivity contribution in [3.63, 3.8) is 0 Å². The Morgan fingerprint density at radius 1 is 1.00 bits per heavy atom. The molecule has 0 aliphatic heterocycles. The van der Waals surface area contributed by atoms with E-state index in [1.165, 1.54) is 17.7 Å². The lowest BCUT2D eigenvalue weighted by Crippen LogP contribution is -2.21. The van der Waals surface area contributed by atoms with Crippen LogP contribution < -0.4 is 15.0 Å². The van der Waals surface area contributed by atoms with Gasteiger partial charge in [-0.25, -0.2) is 5.48 Å². The Morgan fingerprint density at radius 3 is 2.04 bits per heavy atom. The molecule has 0 saturated heterocycles. The Morgan fingerprint density at radius 2 is 1.56 bits per heavy atom. The lowest BCUT2D eigenvalue weighted by atomic mass is 10.1. The van der Waals surface area contributed by atoms with Gasteiger partial charge in [0.15, 0.2) is 0 Å². The number of ether oxygens (including phenoxy) is 2. The Labute approximate surface area is 146 Å². The number of carbonyl (C=O) groups excluding carboxylic acids is 1. The van der Waals surface area contributed by atoms with E-state index >= 15 is 0 Å². The van der Waals surface area contributed by atoms with E-state index in [1.807, 2.05) is 24.3 Å². The van der Waals surface area contributed by atoms with Crippen LogP contribution >= 0.6 is 0 Å². The van der Waals surface area contributed by atoms with Gasteiger partial charge < -0.3 is 14.0 Å². The average molecular weight is 342 g/mol. The lowest BCUT2D eigenvalue weighted by Gasteiger charge is -2.09. The van der Waals surface area contributed by atoms with Crippen molar-refractivity contribution in [2.75, 3.05) is 20.8 Å². The smallest absolute Gasteiger partial charge is 0.240 e. The minimum absolute atomic E-state index is 0.202. The third-order valence-corrected chi connectivity index (χ3v) is 4.13. The number of hydrogen-bond donors (Lipinski definition) is 1. The molecule has 0 spiro atoms. The van der Waals surface area contributed by atoms with Gasteiger partial charge in [-0.2, -0.15) is 0 Å². The molecule has 3 rings (SSSR count). The normalized spacial score (nSPS) is 11.0. The number of nitrogens with one attached hydrogen (secondary N) is 1. The highest BCUT2D eigenvalue weighted by Gasteiger charge is 2.12. The van der Waals surface area contributed by atoms with E-state index in [0.717, 1.165) is 35.5 Å². The van der Waals surface area contributed by atoms with Crippen molar-refractivity contribution >= 4 is 27.7 Å². The van der Waals surface area contributed by atoms with Gasteiger partial charge in [0.1, 0.15) is 11.5 Å². The summed E-state index contributed by atoms with van der Waals surface area (Å²) < 4.78 is 13.0. The van der Waals surface area contributed by atoms with Crippen LogP contribution in [0, 0.1) is 0 Å². The number of methoxy groups -OCH3 is 2. The fourth-order valence-corrected chi connectivity index (χ4v) is 3.00. The average Bonchev–Trinajstić information content (AvgIpc) is 2.93. The van der Waals surface area contributed by atoms with Crippen LogP contribution in [0.25, 0.3) is 21.8 Å². The number of aromatic nitrogens is 1. The van der Waals surface area contributed by atoms with Crippen LogP contribution in [0.5, 0.6) is 11.5 Å². The van der Waals surface area contributed by atoms with Gasteiger partial charge in [0, 0.05) is 36.4 Å². The van der Waals surface area contributed by atoms with Gasteiger partial charge in [-0.1, -0.05) is 0 Å². The van der Waals surface area contributed by atoms with E-state index in [9.17, 15) is 4.79 Å². The molecule has 3 aromatic rings. The molecule has 0 unspecified atom stereocenters. The molecule has 0 fully saturated rings. The molecule has 0 atom stereocenters. The minimum atomic E-state index is -0.202. The molecule has 1 heterocycles. The van der Waals surface area contributed by atoms with Crippen molar-refractivity contribution in [1.29, 1.82) is 0 Å². The monoisotopic (exact) mass is 342 g/mol. The van der Waals surface area contributed by atoms with Crippen LogP contribution in [-0.2, 0) is 16.2 Å². The second kappa shape index (κ2) is 7.44. The lowest BCUT2D eigenvalue weighted by molar-refractivity contribution is -0.131. The minimum Gasteiger partial charge on any atom is -0.497 e. The van der Waals surface area contributed by atoms with Crippen molar-refractivity contribution in [1.82, 2.24) is 10.0 Å². The van der Waals surface area contributed by atoms with Crippen molar-refractivity contribution in [3.8, 4) is 11.5 Å². The molecule has 0 bridgehead atoms. The number of hydrogen-bond acceptors (Lipinski definition) is 4. The summed E-state index contributed by atoms with van der Waals surface area (Å²) in [6.45, 7) is 2.61. The third kappa shape index (κ3) is 3.53. The molecule has 0 aliphatic carbocycles. The Balaban J connectivity index is 1.97. The van der Waals surface area contributed by atoms with E-state index < -0.39 is 0 Å². The molecule has 1 amide bonds. The summed E-state index contributed by atoms with van der Waals surface area (Å²) in [6.07, 6.45) is 0.758. The molecule has 2 aromatic carbocycles. The first-order chi connectivity index (χ1) is 12.1. The quantitative estimate of drug-likeness (QED) is 0.529. The fraction of sp³-hybridized carbons (Fsp3) is 0.316. The summed E-state index contributed by atoms with van der Waals surface area (Å²) in [4.78, 5) is 16.0. The zero-order valence-corrected chi connectivity index (χ0v) is 14.7. The zero-order valence-electron chi connectivity index (χ0n) is 14.7. The second-order valence-corrected chi connectivity index (χ2v) is 5.78. The zero-order chi connectivity index (χ0) is 17.8. The van der Waals surface area contributed by atoms with Crippen molar-refractivity contribution in [3.05, 3.63) is 36.4 Å². The third-order valence-electron chi connectivity index (χ3n) is 4.13. The van der Waals surface area contributed by atoms with Gasteiger partial charge in [0.2, 0.25) is 5.91 Å². The van der Waals surface area contributed by atoms with E-state index in [1.54, 1.807) is 14.2 Å². The predicted octanol–water partition coefficient (Wildman–Crippen LogP) is 3.27. The number of fused-ring (bicyclic) bond motifs is 3. The molecular formula is C19H22N2O4. The first-order valence-corrected chi connectivity index (χ1v) is 8.16. The number of nitrogens with zero attached hydrogens (tertiary/aromatic N) is 1. The number of rotatable bonds is 7. The number of benzene rings is 2. The molecule has 0 radical (unpaired) electrons. The topological polar surface area (TPSA) is 61.7 Å².